The highest BCUT2D eigenvalue weighted by molar-refractivity contribution is 8.00. The van der Waals surface area contributed by atoms with Crippen molar-refractivity contribution >= 4 is 23.3 Å². The number of hydrogen-bond donors (Lipinski definition) is 1. The first-order chi connectivity index (χ1) is 15.8. The van der Waals surface area contributed by atoms with Crippen molar-refractivity contribution < 1.29 is 9.59 Å². The van der Waals surface area contributed by atoms with Gasteiger partial charge in [-0.15, -0.1) is 10.2 Å². The van der Waals surface area contributed by atoms with Crippen LogP contribution < -0.4 is 0 Å². The van der Waals surface area contributed by atoms with Crippen LogP contribution in [0, 0.1) is 13.8 Å². The van der Waals surface area contributed by atoms with Crippen molar-refractivity contribution in [2.45, 2.75) is 64.0 Å². The Bertz CT molecular complexity index is 1150. The lowest BCUT2D eigenvalue weighted by Gasteiger charge is -2.17. The molecule has 1 aliphatic rings. The van der Waals surface area contributed by atoms with Crippen LogP contribution in [0.15, 0.2) is 35.5 Å². The zero-order valence-corrected chi connectivity index (χ0v) is 20.5. The van der Waals surface area contributed by atoms with Gasteiger partial charge in [-0.1, -0.05) is 42.1 Å². The normalized spacial score (nSPS) is 15.2. The molecule has 3 aromatic rings. The Balaban J connectivity index is 1.59. The largest absolute Gasteiger partial charge is 0.355 e. The molecule has 174 valence electrons. The molecular weight excluding hydrogens is 434 g/mol. The summed E-state index contributed by atoms with van der Waals surface area (Å²) >= 11 is 1.42. The molecule has 0 spiro atoms. The van der Waals surface area contributed by atoms with E-state index in [-0.39, 0.29) is 16.8 Å². The zero-order valence-electron chi connectivity index (χ0n) is 19.7. The predicted octanol–water partition coefficient (Wildman–Crippen LogP) is 4.43. The highest BCUT2D eigenvalue weighted by atomic mass is 32.2. The Hall–Kier alpha value is -2.71. The maximum Gasteiger partial charge on any atom is 0.192 e. The molecule has 33 heavy (non-hydrogen) atoms. The van der Waals surface area contributed by atoms with Gasteiger partial charge < -0.3 is 9.55 Å². The first kappa shape index (κ1) is 23.4. The van der Waals surface area contributed by atoms with Gasteiger partial charge in [-0.25, -0.2) is 0 Å². The molecule has 0 aliphatic carbocycles. The highest BCUT2D eigenvalue weighted by Crippen LogP contribution is 2.28. The number of carbonyl (C=O) groups excluding carboxylic acids is 2. The van der Waals surface area contributed by atoms with E-state index < -0.39 is 0 Å². The fraction of sp³-hybridized carbons (Fsp3) is 0.440. The zero-order chi connectivity index (χ0) is 23.5. The first-order valence-electron chi connectivity index (χ1n) is 11.4. The number of benzene rings is 1. The second-order valence-electron chi connectivity index (χ2n) is 8.76. The summed E-state index contributed by atoms with van der Waals surface area (Å²) in [6.45, 7) is 10.7. The van der Waals surface area contributed by atoms with Crippen LogP contribution in [0.2, 0.25) is 0 Å². The number of aromatic nitrogens is 4. The monoisotopic (exact) mass is 465 g/mol. The highest BCUT2D eigenvalue weighted by Gasteiger charge is 2.27. The van der Waals surface area contributed by atoms with Gasteiger partial charge in [0.25, 0.3) is 0 Å². The maximum absolute atomic E-state index is 13.3. The Morgan fingerprint density at radius 2 is 1.79 bits per heavy atom. The van der Waals surface area contributed by atoms with Crippen LogP contribution in [0.3, 0.4) is 0 Å². The van der Waals surface area contributed by atoms with Crippen molar-refractivity contribution in [1.29, 1.82) is 0 Å². The quantitative estimate of drug-likeness (QED) is 0.372. The molecule has 8 heteroatoms. The fourth-order valence-corrected chi connectivity index (χ4v) is 5.45. The SMILES string of the molecule is CC(=O)c1c(C)[nH]c(C(=O)[C@@H](C)Sc2nnc(CN3CCCC3)n2Cc2ccccc2)c1C. The van der Waals surface area contributed by atoms with Gasteiger partial charge in [0, 0.05) is 11.3 Å². The number of aromatic amines is 1. The molecule has 1 atom stereocenters. The molecule has 0 radical (unpaired) electrons. The molecule has 1 N–H and O–H groups in total. The van der Waals surface area contributed by atoms with Crippen molar-refractivity contribution in [2.75, 3.05) is 13.1 Å². The molecule has 0 unspecified atom stereocenters. The number of nitrogens with one attached hydrogen (secondary N) is 1. The van der Waals surface area contributed by atoms with Crippen molar-refractivity contribution in [2.24, 2.45) is 0 Å². The second-order valence-corrected chi connectivity index (χ2v) is 10.1. The van der Waals surface area contributed by atoms with Gasteiger partial charge in [0.15, 0.2) is 16.7 Å². The summed E-state index contributed by atoms with van der Waals surface area (Å²) in [5.41, 5.74) is 3.74. The van der Waals surface area contributed by atoms with Crippen molar-refractivity contribution in [1.82, 2.24) is 24.6 Å². The van der Waals surface area contributed by atoms with Crippen molar-refractivity contribution in [3.05, 3.63) is 64.2 Å². The molecule has 0 bridgehead atoms. The van der Waals surface area contributed by atoms with Crippen molar-refractivity contribution in [3.8, 4) is 0 Å². The topological polar surface area (TPSA) is 83.9 Å². The molecular formula is C25H31N5O2S. The smallest absolute Gasteiger partial charge is 0.192 e. The van der Waals surface area contributed by atoms with Gasteiger partial charge >= 0.3 is 0 Å². The van der Waals surface area contributed by atoms with Crippen LogP contribution in [-0.2, 0) is 13.1 Å². The van der Waals surface area contributed by atoms with E-state index in [2.05, 4.69) is 36.8 Å². The molecule has 0 saturated carbocycles. The number of Topliss-reactive ketones (excluding diaryl/α,β-unsaturated/α-hetero) is 2. The van der Waals surface area contributed by atoms with Gasteiger partial charge in [-0.05, 0) is 64.8 Å². The molecule has 1 aromatic carbocycles. The fourth-order valence-electron chi connectivity index (χ4n) is 4.53. The second kappa shape index (κ2) is 10.1. The summed E-state index contributed by atoms with van der Waals surface area (Å²) in [6.07, 6.45) is 2.44. The number of hydrogen-bond acceptors (Lipinski definition) is 6. The predicted molar refractivity (Wildman–Crippen MR) is 130 cm³/mol. The number of likely N-dealkylation sites (tertiary alicyclic amines) is 1. The standard InChI is InChI=1S/C25H31N5O2S/c1-16-22(18(3)31)17(2)26-23(16)24(32)19(4)33-25-28-27-21(15-29-12-8-9-13-29)30(25)14-20-10-6-5-7-11-20/h5-7,10-11,19,26H,8-9,12-15H2,1-4H3/t19-/m1/s1. The minimum Gasteiger partial charge on any atom is -0.355 e. The van der Waals surface area contributed by atoms with E-state index in [4.69, 9.17) is 0 Å². The summed E-state index contributed by atoms with van der Waals surface area (Å²) < 4.78 is 2.13. The van der Waals surface area contributed by atoms with Crippen LogP contribution in [0.25, 0.3) is 0 Å². The Labute approximate surface area is 199 Å². The lowest BCUT2D eigenvalue weighted by Crippen LogP contribution is -2.22. The van der Waals surface area contributed by atoms with Crippen LogP contribution in [-0.4, -0.2) is 54.6 Å². The number of carbonyl (C=O) groups is 2. The number of aryl methyl sites for hydroxylation is 1. The van der Waals surface area contributed by atoms with Gasteiger partial charge in [0.05, 0.1) is 24.0 Å². The summed E-state index contributed by atoms with van der Waals surface area (Å²) in [7, 11) is 0. The number of rotatable bonds is 9. The van der Waals surface area contributed by atoms with Gasteiger partial charge in [0.2, 0.25) is 0 Å². The minimum absolute atomic E-state index is 0.0326. The molecule has 2 aromatic heterocycles. The van der Waals surface area contributed by atoms with Gasteiger partial charge in [-0.2, -0.15) is 0 Å². The third-order valence-electron chi connectivity index (χ3n) is 6.23. The molecule has 1 aliphatic heterocycles. The lowest BCUT2D eigenvalue weighted by molar-refractivity contribution is 0.0988. The third kappa shape index (κ3) is 5.12. The average Bonchev–Trinajstić information content (AvgIpc) is 3.50. The van der Waals surface area contributed by atoms with Crippen LogP contribution in [0.4, 0.5) is 0 Å². The van der Waals surface area contributed by atoms with Crippen LogP contribution >= 0.6 is 11.8 Å². The molecule has 1 saturated heterocycles. The summed E-state index contributed by atoms with van der Waals surface area (Å²) in [5, 5.41) is 9.35. The number of nitrogens with zero attached hydrogens (tertiary/aromatic N) is 4. The van der Waals surface area contributed by atoms with E-state index >= 15 is 0 Å². The van der Waals surface area contributed by atoms with E-state index in [0.717, 1.165) is 41.9 Å². The van der Waals surface area contributed by atoms with E-state index in [9.17, 15) is 9.59 Å². The molecule has 0 amide bonds. The van der Waals surface area contributed by atoms with Gasteiger partial charge in [0.1, 0.15) is 5.82 Å². The number of H-pyrrole nitrogens is 1. The van der Waals surface area contributed by atoms with E-state index in [1.807, 2.05) is 39.0 Å². The summed E-state index contributed by atoms with van der Waals surface area (Å²) in [6, 6.07) is 10.3. The number of thioether (sulfide) groups is 1. The van der Waals surface area contributed by atoms with Crippen LogP contribution in [0.5, 0.6) is 0 Å². The summed E-state index contributed by atoms with van der Waals surface area (Å²) in [4.78, 5) is 30.8. The molecule has 7 nitrogen and oxygen atoms in total. The van der Waals surface area contributed by atoms with Crippen molar-refractivity contribution in [3.63, 3.8) is 0 Å². The van der Waals surface area contributed by atoms with E-state index in [0.29, 0.717) is 17.8 Å². The Morgan fingerprint density at radius 1 is 1.09 bits per heavy atom. The van der Waals surface area contributed by atoms with Gasteiger partial charge in [-0.3, -0.25) is 14.5 Å². The van der Waals surface area contributed by atoms with Crippen LogP contribution in [0.1, 0.15) is 70.2 Å². The molecule has 4 rings (SSSR count). The van der Waals surface area contributed by atoms with E-state index in [1.165, 1.54) is 37.1 Å². The minimum atomic E-state index is -0.375. The maximum atomic E-state index is 13.3. The summed E-state index contributed by atoms with van der Waals surface area (Å²) in [5.74, 6) is 0.854. The Morgan fingerprint density at radius 3 is 2.42 bits per heavy atom. The lowest BCUT2D eigenvalue weighted by atomic mass is 10.0. The molecule has 3 heterocycles. The van der Waals surface area contributed by atoms with E-state index in [1.54, 1.807) is 0 Å². The first-order valence-corrected chi connectivity index (χ1v) is 12.3. The molecule has 1 fully saturated rings. The third-order valence-corrected chi connectivity index (χ3v) is 7.31. The Kier molecular flexibility index (Phi) is 7.14. The average molecular weight is 466 g/mol. The number of ketones is 2.